The van der Waals surface area contributed by atoms with Gasteiger partial charge in [0.1, 0.15) is 5.82 Å². The molecule has 1 aromatic heterocycles. The third kappa shape index (κ3) is 4.41. The molecule has 0 spiro atoms. The van der Waals surface area contributed by atoms with Gasteiger partial charge < -0.3 is 14.7 Å². The Morgan fingerprint density at radius 3 is 2.26 bits per heavy atom. The van der Waals surface area contributed by atoms with Crippen molar-refractivity contribution in [3.05, 3.63) is 54.2 Å². The van der Waals surface area contributed by atoms with Crippen LogP contribution in [0.3, 0.4) is 0 Å². The fraction of sp³-hybridized carbons (Fsp3) is 0.455. The van der Waals surface area contributed by atoms with Crippen LogP contribution < -0.4 is 9.80 Å². The number of aryl methyl sites for hydroxylation is 1. The van der Waals surface area contributed by atoms with Crippen molar-refractivity contribution in [3.8, 4) is 0 Å². The van der Waals surface area contributed by atoms with Crippen LogP contribution in [0, 0.1) is 0 Å². The molecule has 0 unspecified atom stereocenters. The van der Waals surface area contributed by atoms with Gasteiger partial charge in [0, 0.05) is 57.6 Å². The summed E-state index contributed by atoms with van der Waals surface area (Å²) in [5.41, 5.74) is 2.56. The van der Waals surface area contributed by atoms with Crippen LogP contribution >= 0.6 is 0 Å². The Morgan fingerprint density at radius 2 is 1.59 bits per heavy atom. The SMILES string of the molecule is O=C(CCc1ccc(N2CCCC2)cc1)N1CCN(c2ccccn2)CC1. The second-order valence-electron chi connectivity index (χ2n) is 7.42. The van der Waals surface area contributed by atoms with Crippen LogP contribution in [-0.2, 0) is 11.2 Å². The highest BCUT2D eigenvalue weighted by molar-refractivity contribution is 5.76. The molecule has 2 fully saturated rings. The second-order valence-corrected chi connectivity index (χ2v) is 7.42. The van der Waals surface area contributed by atoms with Crippen LogP contribution in [0.4, 0.5) is 11.5 Å². The van der Waals surface area contributed by atoms with Crippen LogP contribution in [0.25, 0.3) is 0 Å². The second kappa shape index (κ2) is 8.42. The molecule has 4 rings (SSSR count). The summed E-state index contributed by atoms with van der Waals surface area (Å²) < 4.78 is 0. The van der Waals surface area contributed by atoms with E-state index in [0.29, 0.717) is 6.42 Å². The predicted octanol–water partition coefficient (Wildman–Crippen LogP) is 2.96. The first-order valence-electron chi connectivity index (χ1n) is 10.1. The molecule has 2 aliphatic rings. The van der Waals surface area contributed by atoms with Crippen LogP contribution in [0.5, 0.6) is 0 Å². The maximum atomic E-state index is 12.6. The van der Waals surface area contributed by atoms with E-state index in [1.54, 1.807) is 0 Å². The normalized spacial score (nSPS) is 17.4. The molecule has 0 atom stereocenters. The molecule has 0 radical (unpaired) electrons. The van der Waals surface area contributed by atoms with Gasteiger partial charge in [-0.05, 0) is 49.1 Å². The minimum atomic E-state index is 0.263. The number of hydrogen-bond donors (Lipinski definition) is 0. The number of carbonyl (C=O) groups excluding carboxylic acids is 1. The minimum absolute atomic E-state index is 0.263. The number of nitrogens with zero attached hydrogens (tertiary/aromatic N) is 4. The van der Waals surface area contributed by atoms with Crippen molar-refractivity contribution < 1.29 is 4.79 Å². The Balaban J connectivity index is 1.24. The van der Waals surface area contributed by atoms with Crippen molar-refractivity contribution in [2.24, 2.45) is 0 Å². The summed E-state index contributed by atoms with van der Waals surface area (Å²) in [4.78, 5) is 23.7. The molecule has 2 saturated heterocycles. The van der Waals surface area contributed by atoms with Gasteiger partial charge in [0.2, 0.25) is 5.91 Å². The van der Waals surface area contributed by atoms with E-state index in [9.17, 15) is 4.79 Å². The maximum absolute atomic E-state index is 12.6. The summed E-state index contributed by atoms with van der Waals surface area (Å²) in [5, 5.41) is 0. The topological polar surface area (TPSA) is 39.7 Å². The number of anilines is 2. The molecular formula is C22H28N4O. The van der Waals surface area contributed by atoms with Gasteiger partial charge in [-0.15, -0.1) is 0 Å². The predicted molar refractivity (Wildman–Crippen MR) is 109 cm³/mol. The first-order chi connectivity index (χ1) is 13.3. The molecule has 0 saturated carbocycles. The number of rotatable bonds is 5. The van der Waals surface area contributed by atoms with E-state index in [1.807, 2.05) is 29.3 Å². The van der Waals surface area contributed by atoms with Crippen molar-refractivity contribution >= 4 is 17.4 Å². The van der Waals surface area contributed by atoms with Gasteiger partial charge >= 0.3 is 0 Å². The van der Waals surface area contributed by atoms with Crippen LogP contribution in [-0.4, -0.2) is 55.1 Å². The smallest absolute Gasteiger partial charge is 0.223 e. The van der Waals surface area contributed by atoms with Gasteiger partial charge in [-0.2, -0.15) is 0 Å². The third-order valence-corrected chi connectivity index (χ3v) is 5.64. The number of pyridine rings is 1. The highest BCUT2D eigenvalue weighted by Crippen LogP contribution is 2.21. The van der Waals surface area contributed by atoms with Crippen molar-refractivity contribution in [2.75, 3.05) is 49.1 Å². The van der Waals surface area contributed by atoms with Crippen molar-refractivity contribution in [2.45, 2.75) is 25.7 Å². The third-order valence-electron chi connectivity index (χ3n) is 5.64. The highest BCUT2D eigenvalue weighted by Gasteiger charge is 2.21. The lowest BCUT2D eigenvalue weighted by molar-refractivity contribution is -0.131. The lowest BCUT2D eigenvalue weighted by atomic mass is 10.1. The maximum Gasteiger partial charge on any atom is 0.223 e. The van der Waals surface area contributed by atoms with E-state index < -0.39 is 0 Å². The molecule has 27 heavy (non-hydrogen) atoms. The number of aromatic nitrogens is 1. The van der Waals surface area contributed by atoms with Gasteiger partial charge in [-0.1, -0.05) is 18.2 Å². The fourth-order valence-corrected chi connectivity index (χ4v) is 3.98. The Bertz CT molecular complexity index is 733. The lowest BCUT2D eigenvalue weighted by Gasteiger charge is -2.35. The largest absolute Gasteiger partial charge is 0.372 e. The average Bonchev–Trinajstić information content (AvgIpc) is 3.28. The molecule has 5 heteroatoms. The summed E-state index contributed by atoms with van der Waals surface area (Å²) in [7, 11) is 0. The zero-order chi connectivity index (χ0) is 18.5. The summed E-state index contributed by atoms with van der Waals surface area (Å²) in [5.74, 6) is 1.27. The number of amides is 1. The van der Waals surface area contributed by atoms with Gasteiger partial charge in [-0.25, -0.2) is 4.98 Å². The molecule has 1 aromatic carbocycles. The number of hydrogen-bond acceptors (Lipinski definition) is 4. The van der Waals surface area contributed by atoms with E-state index in [4.69, 9.17) is 0 Å². The molecule has 2 aromatic rings. The summed E-state index contributed by atoms with van der Waals surface area (Å²) in [6, 6.07) is 14.7. The zero-order valence-corrected chi connectivity index (χ0v) is 15.9. The molecule has 1 amide bonds. The highest BCUT2D eigenvalue weighted by atomic mass is 16.2. The minimum Gasteiger partial charge on any atom is -0.372 e. The monoisotopic (exact) mass is 364 g/mol. The van der Waals surface area contributed by atoms with Gasteiger partial charge in [0.25, 0.3) is 0 Å². The van der Waals surface area contributed by atoms with E-state index in [1.165, 1.54) is 37.2 Å². The van der Waals surface area contributed by atoms with Gasteiger partial charge in [0.15, 0.2) is 0 Å². The first kappa shape index (κ1) is 17.8. The number of piperazine rings is 1. The number of carbonyl (C=O) groups is 1. The summed E-state index contributed by atoms with van der Waals surface area (Å²) in [6.07, 6.45) is 5.82. The molecule has 0 N–H and O–H groups in total. The Kier molecular flexibility index (Phi) is 5.56. The van der Waals surface area contributed by atoms with Gasteiger partial charge in [-0.3, -0.25) is 4.79 Å². The van der Waals surface area contributed by atoms with Crippen molar-refractivity contribution in [1.82, 2.24) is 9.88 Å². The fourth-order valence-electron chi connectivity index (χ4n) is 3.98. The molecule has 2 aliphatic heterocycles. The zero-order valence-electron chi connectivity index (χ0n) is 15.9. The van der Waals surface area contributed by atoms with E-state index in [0.717, 1.165) is 38.4 Å². The molecule has 0 bridgehead atoms. The summed E-state index contributed by atoms with van der Waals surface area (Å²) in [6.45, 7) is 5.61. The molecule has 3 heterocycles. The standard InChI is InChI=1S/C22H28N4O/c27-22(26-17-15-25(16-18-26)21-5-1-2-12-23-21)11-8-19-6-9-20(10-7-19)24-13-3-4-14-24/h1-2,5-7,9-10,12H,3-4,8,11,13-18H2. The van der Waals surface area contributed by atoms with E-state index >= 15 is 0 Å². The van der Waals surface area contributed by atoms with Crippen LogP contribution in [0.15, 0.2) is 48.7 Å². The van der Waals surface area contributed by atoms with Crippen molar-refractivity contribution in [1.29, 1.82) is 0 Å². The number of benzene rings is 1. The van der Waals surface area contributed by atoms with E-state index in [2.05, 4.69) is 39.0 Å². The van der Waals surface area contributed by atoms with Crippen LogP contribution in [0.1, 0.15) is 24.8 Å². The molecule has 0 aliphatic carbocycles. The summed E-state index contributed by atoms with van der Waals surface area (Å²) >= 11 is 0. The quantitative estimate of drug-likeness (QED) is 0.818. The Morgan fingerprint density at radius 1 is 0.852 bits per heavy atom. The average molecular weight is 364 g/mol. The van der Waals surface area contributed by atoms with Gasteiger partial charge in [0.05, 0.1) is 0 Å². The van der Waals surface area contributed by atoms with Crippen molar-refractivity contribution in [3.63, 3.8) is 0 Å². The Labute approximate surface area is 161 Å². The molecule has 142 valence electrons. The Hall–Kier alpha value is -2.56. The lowest BCUT2D eigenvalue weighted by Crippen LogP contribution is -2.49. The van der Waals surface area contributed by atoms with E-state index in [-0.39, 0.29) is 5.91 Å². The first-order valence-corrected chi connectivity index (χ1v) is 10.1. The van der Waals surface area contributed by atoms with Crippen LogP contribution in [0.2, 0.25) is 0 Å². The molecule has 5 nitrogen and oxygen atoms in total. The molecular weight excluding hydrogens is 336 g/mol.